The highest BCUT2D eigenvalue weighted by Crippen LogP contribution is 2.44. The number of phenols is 1. The first kappa shape index (κ1) is 17.6. The summed E-state index contributed by atoms with van der Waals surface area (Å²) in [5.74, 6) is 0.323. The second-order valence-electron chi connectivity index (χ2n) is 6.39. The minimum Gasteiger partial charge on any atom is -0.507 e. The first-order valence-electron chi connectivity index (χ1n) is 8.79. The van der Waals surface area contributed by atoms with Crippen molar-refractivity contribution in [2.75, 3.05) is 0 Å². The number of aromatic hydroxyl groups is 1. The molecule has 0 bridgehead atoms. The normalized spacial score (nSPS) is 11.5. The van der Waals surface area contributed by atoms with Crippen molar-refractivity contribution in [3.8, 4) is 28.0 Å². The fraction of sp³-hybridized carbons (Fsp3) is 0.217. The molecule has 3 rings (SSSR count). The highest BCUT2D eigenvalue weighted by Gasteiger charge is 2.26. The molecule has 128 valence electrons. The zero-order chi connectivity index (χ0) is 17.9. The summed E-state index contributed by atoms with van der Waals surface area (Å²) in [6.07, 6.45) is 1.86. The van der Waals surface area contributed by atoms with Crippen molar-refractivity contribution >= 4 is 12.6 Å². The molecule has 3 aromatic carbocycles. The molecule has 0 atom stereocenters. The van der Waals surface area contributed by atoms with Gasteiger partial charge in [-0.05, 0) is 41.7 Å². The first-order valence-corrected chi connectivity index (χ1v) is 9.24. The molecule has 2 heteroatoms. The number of thiol groups is 1. The standard InChI is InChI=1S/C23H24OS/c1-3-23(25,4-2)19-15-20(17-11-7-5-8-12-17)22(24)21(16-19)18-13-9-6-10-14-18/h5-16,24-25H,3-4H2,1-2H3. The molecule has 0 aliphatic carbocycles. The van der Waals surface area contributed by atoms with Crippen LogP contribution in [0.5, 0.6) is 5.75 Å². The van der Waals surface area contributed by atoms with Crippen LogP contribution in [-0.2, 0) is 4.75 Å². The van der Waals surface area contributed by atoms with E-state index in [1.54, 1.807) is 0 Å². The third-order valence-corrected chi connectivity index (χ3v) is 5.88. The third kappa shape index (κ3) is 3.45. The predicted molar refractivity (Wildman–Crippen MR) is 110 cm³/mol. The minimum atomic E-state index is -0.208. The molecule has 0 aliphatic rings. The van der Waals surface area contributed by atoms with Gasteiger partial charge in [-0.1, -0.05) is 74.5 Å². The van der Waals surface area contributed by atoms with E-state index < -0.39 is 0 Å². The SMILES string of the molecule is CCC(S)(CC)c1cc(-c2ccccc2)c(O)c(-c2ccccc2)c1. The van der Waals surface area contributed by atoms with Gasteiger partial charge in [-0.15, -0.1) is 0 Å². The van der Waals surface area contributed by atoms with E-state index in [0.29, 0.717) is 5.75 Å². The van der Waals surface area contributed by atoms with Crippen LogP contribution in [0.3, 0.4) is 0 Å². The zero-order valence-electron chi connectivity index (χ0n) is 14.7. The molecule has 0 amide bonds. The van der Waals surface area contributed by atoms with Crippen molar-refractivity contribution in [2.24, 2.45) is 0 Å². The van der Waals surface area contributed by atoms with Gasteiger partial charge in [0.1, 0.15) is 5.75 Å². The smallest absolute Gasteiger partial charge is 0.131 e. The summed E-state index contributed by atoms with van der Waals surface area (Å²) >= 11 is 4.98. The fourth-order valence-electron chi connectivity index (χ4n) is 3.24. The summed E-state index contributed by atoms with van der Waals surface area (Å²) in [5, 5.41) is 11.0. The van der Waals surface area contributed by atoms with Crippen LogP contribution >= 0.6 is 12.6 Å². The Hall–Kier alpha value is -2.19. The van der Waals surface area contributed by atoms with Crippen molar-refractivity contribution in [3.05, 3.63) is 78.4 Å². The van der Waals surface area contributed by atoms with Crippen LogP contribution in [0.25, 0.3) is 22.3 Å². The maximum Gasteiger partial charge on any atom is 0.131 e. The summed E-state index contributed by atoms with van der Waals surface area (Å²) in [5.41, 5.74) is 4.90. The van der Waals surface area contributed by atoms with Gasteiger partial charge >= 0.3 is 0 Å². The van der Waals surface area contributed by atoms with E-state index in [4.69, 9.17) is 12.6 Å². The van der Waals surface area contributed by atoms with Gasteiger partial charge in [-0.2, -0.15) is 12.6 Å². The largest absolute Gasteiger partial charge is 0.507 e. The monoisotopic (exact) mass is 348 g/mol. The molecule has 25 heavy (non-hydrogen) atoms. The van der Waals surface area contributed by atoms with Crippen LogP contribution in [0.2, 0.25) is 0 Å². The Bertz CT molecular complexity index is 776. The Morgan fingerprint density at radius 3 is 1.52 bits per heavy atom. The number of hydrogen-bond acceptors (Lipinski definition) is 2. The van der Waals surface area contributed by atoms with E-state index in [1.165, 1.54) is 0 Å². The van der Waals surface area contributed by atoms with Gasteiger partial charge in [-0.3, -0.25) is 0 Å². The minimum absolute atomic E-state index is 0.208. The molecular weight excluding hydrogens is 324 g/mol. The number of benzene rings is 3. The molecule has 0 saturated carbocycles. The zero-order valence-corrected chi connectivity index (χ0v) is 15.6. The lowest BCUT2D eigenvalue weighted by Crippen LogP contribution is -2.16. The Morgan fingerprint density at radius 2 is 1.16 bits per heavy atom. The molecule has 0 saturated heterocycles. The maximum atomic E-state index is 11.0. The van der Waals surface area contributed by atoms with Crippen molar-refractivity contribution in [3.63, 3.8) is 0 Å². The van der Waals surface area contributed by atoms with E-state index in [1.807, 2.05) is 60.7 Å². The van der Waals surface area contributed by atoms with Gasteiger partial charge in [0.05, 0.1) is 0 Å². The van der Waals surface area contributed by atoms with E-state index in [2.05, 4.69) is 26.0 Å². The predicted octanol–water partition coefficient (Wildman–Crippen LogP) is 6.67. The maximum absolute atomic E-state index is 11.0. The van der Waals surface area contributed by atoms with Crippen LogP contribution in [0, 0.1) is 0 Å². The van der Waals surface area contributed by atoms with Crippen LogP contribution in [0.4, 0.5) is 0 Å². The van der Waals surface area contributed by atoms with Gasteiger partial charge < -0.3 is 5.11 Å². The molecule has 0 unspecified atom stereocenters. The molecule has 0 aromatic heterocycles. The van der Waals surface area contributed by atoms with Crippen molar-refractivity contribution < 1.29 is 5.11 Å². The molecular formula is C23H24OS. The molecule has 0 fully saturated rings. The van der Waals surface area contributed by atoms with E-state index >= 15 is 0 Å². The highest BCUT2D eigenvalue weighted by atomic mass is 32.1. The Morgan fingerprint density at radius 1 is 0.760 bits per heavy atom. The van der Waals surface area contributed by atoms with Crippen LogP contribution < -0.4 is 0 Å². The molecule has 1 N–H and O–H groups in total. The lowest BCUT2D eigenvalue weighted by atomic mass is 9.86. The molecule has 0 radical (unpaired) electrons. The van der Waals surface area contributed by atoms with Gasteiger partial charge in [0.2, 0.25) is 0 Å². The Balaban J connectivity index is 2.29. The Labute approximate surface area is 155 Å². The van der Waals surface area contributed by atoms with Crippen LogP contribution in [0.1, 0.15) is 32.3 Å². The molecule has 1 nitrogen and oxygen atoms in total. The van der Waals surface area contributed by atoms with Gasteiger partial charge in [0.15, 0.2) is 0 Å². The summed E-state index contributed by atoms with van der Waals surface area (Å²) in [7, 11) is 0. The lowest BCUT2D eigenvalue weighted by Gasteiger charge is -2.28. The average Bonchev–Trinajstić information content (AvgIpc) is 2.69. The van der Waals surface area contributed by atoms with Gasteiger partial charge in [0.25, 0.3) is 0 Å². The van der Waals surface area contributed by atoms with E-state index in [9.17, 15) is 5.11 Å². The fourth-order valence-corrected chi connectivity index (χ4v) is 3.37. The van der Waals surface area contributed by atoms with Crippen LogP contribution in [-0.4, -0.2) is 5.11 Å². The van der Waals surface area contributed by atoms with Crippen molar-refractivity contribution in [1.82, 2.24) is 0 Å². The number of phenolic OH excluding ortho intramolecular Hbond substituents is 1. The topological polar surface area (TPSA) is 20.2 Å². The Kier molecular flexibility index (Phi) is 5.19. The number of rotatable bonds is 5. The summed E-state index contributed by atoms with van der Waals surface area (Å²) in [4.78, 5) is 0. The second-order valence-corrected chi connectivity index (χ2v) is 7.25. The highest BCUT2D eigenvalue weighted by molar-refractivity contribution is 7.81. The average molecular weight is 349 g/mol. The summed E-state index contributed by atoms with van der Waals surface area (Å²) in [6.45, 7) is 4.32. The summed E-state index contributed by atoms with van der Waals surface area (Å²) < 4.78 is -0.208. The van der Waals surface area contributed by atoms with Gasteiger partial charge in [-0.25, -0.2) is 0 Å². The number of hydrogen-bond donors (Lipinski definition) is 2. The van der Waals surface area contributed by atoms with Gasteiger partial charge in [0, 0.05) is 15.9 Å². The first-order chi connectivity index (χ1) is 12.1. The third-order valence-electron chi connectivity index (χ3n) is 4.99. The van der Waals surface area contributed by atoms with Crippen molar-refractivity contribution in [2.45, 2.75) is 31.4 Å². The summed E-state index contributed by atoms with van der Waals surface area (Å²) in [6, 6.07) is 24.3. The molecule has 0 heterocycles. The quantitative estimate of drug-likeness (QED) is 0.493. The van der Waals surface area contributed by atoms with Crippen molar-refractivity contribution in [1.29, 1.82) is 0 Å². The molecule has 0 aliphatic heterocycles. The van der Waals surface area contributed by atoms with E-state index in [-0.39, 0.29) is 4.75 Å². The lowest BCUT2D eigenvalue weighted by molar-refractivity contribution is 0.478. The molecule has 0 spiro atoms. The molecule has 3 aromatic rings. The second kappa shape index (κ2) is 7.37. The van der Waals surface area contributed by atoms with E-state index in [0.717, 1.165) is 40.7 Å². The van der Waals surface area contributed by atoms with Crippen LogP contribution in [0.15, 0.2) is 72.8 Å².